The van der Waals surface area contributed by atoms with E-state index in [1.54, 1.807) is 24.5 Å². The number of piperazine rings is 1. The van der Waals surface area contributed by atoms with Crippen LogP contribution in [0.3, 0.4) is 0 Å². The van der Waals surface area contributed by atoms with Gasteiger partial charge in [0.2, 0.25) is 5.95 Å². The minimum atomic E-state index is -4.38. The Bertz CT molecular complexity index is 2900. The first kappa shape index (κ1) is 69.0. The van der Waals surface area contributed by atoms with Gasteiger partial charge in [-0.15, -0.1) is 15.9 Å². The van der Waals surface area contributed by atoms with Crippen LogP contribution in [0.1, 0.15) is 38.5 Å². The highest BCUT2D eigenvalue weighted by Crippen LogP contribution is 2.44. The van der Waals surface area contributed by atoms with E-state index < -0.39 is 39.9 Å². The number of aliphatic hydroxyl groups is 1. The van der Waals surface area contributed by atoms with Gasteiger partial charge in [0.05, 0.1) is 154 Å². The lowest BCUT2D eigenvalue weighted by molar-refractivity contribution is -0.928. The number of aromatic amines is 2. The second kappa shape index (κ2) is 35.7. The van der Waals surface area contributed by atoms with Gasteiger partial charge in [0.15, 0.2) is 11.5 Å². The number of H-pyrrole nitrogens is 2. The Morgan fingerprint density at radius 3 is 1.47 bits per heavy atom. The molecule has 2 atom stereocenters. The number of ether oxygens (including phenoxy) is 8. The predicted octanol–water partition coefficient (Wildman–Crippen LogP) is 4.45. The first-order valence-electron chi connectivity index (χ1n) is 26.8. The standard InChI is InChI=1S/C51H67Br4N9O20S/c52-35-27-37-43(39(29-56-37)83-61-33(31-66)3-5-41(68)69)45(54)47(35)79-22-18-75-14-16-77-20-24-81-50-58-49(63-7-11-64(12-8-63,9-1-13-65)10-2-26-85(72,73)74)59-51(60-50)82-25-21-78-17-15-76-19-23-80-48-36(53)28-38-44(46(48)55)40(30-57-38)84-62-34(32-67)4-6-42(70)71/h27-34,56-57,61-62,65H,1-26H2,(H2-,68,69,70,71,72,73,74)/t33-,34-/m0/s1. The SMILES string of the molecule is O=C[C@H](CCC(=O)O)NOc1c[nH]c2cc(Br)c(OCCOCCOCCOc3nc(OCCOCCOCCOc4c(Br)cc5[nH]cc(ON[C@H](C=O)CCC(=O)O)c5c4Br)nc(N4CC[N+](CCCO)(CCCS(=O)(=O)[O-])CC4)n3)c(Br)c12. The third-order valence-corrected chi connectivity index (χ3v) is 16.3. The van der Waals surface area contributed by atoms with Gasteiger partial charge in [-0.2, -0.15) is 9.97 Å². The Morgan fingerprint density at radius 1 is 0.659 bits per heavy atom. The van der Waals surface area contributed by atoms with Crippen molar-refractivity contribution < 1.29 is 99.5 Å². The van der Waals surface area contributed by atoms with Crippen molar-refractivity contribution in [3.05, 3.63) is 42.4 Å². The van der Waals surface area contributed by atoms with E-state index in [2.05, 4.69) is 99.6 Å². The molecule has 7 N–H and O–H groups in total. The van der Waals surface area contributed by atoms with Gasteiger partial charge in [-0.3, -0.25) is 9.59 Å². The molecule has 1 aliphatic heterocycles. The molecule has 0 saturated carbocycles. The molecule has 0 spiro atoms. The van der Waals surface area contributed by atoms with Gasteiger partial charge < -0.3 is 96.4 Å². The zero-order valence-electron chi connectivity index (χ0n) is 45.9. The van der Waals surface area contributed by atoms with E-state index in [-0.39, 0.29) is 130 Å². The van der Waals surface area contributed by atoms with Crippen molar-refractivity contribution in [3.63, 3.8) is 0 Å². The molecule has 0 aliphatic carbocycles. The molecule has 2 aromatic carbocycles. The molecule has 85 heavy (non-hydrogen) atoms. The lowest BCUT2D eigenvalue weighted by atomic mass is 10.2. The highest BCUT2D eigenvalue weighted by Gasteiger charge is 2.34. The number of rotatable bonds is 44. The quantitative estimate of drug-likeness (QED) is 0.00931. The molecule has 1 saturated heterocycles. The van der Waals surface area contributed by atoms with E-state index >= 15 is 0 Å². The fourth-order valence-corrected chi connectivity index (χ4v) is 12.1. The zero-order chi connectivity index (χ0) is 61.2. The monoisotopic (exact) mass is 1470 g/mol. The number of nitrogens with zero attached hydrogens (tertiary/aromatic N) is 5. The summed E-state index contributed by atoms with van der Waals surface area (Å²) in [4.78, 5) is 77.7. The second-order valence-electron chi connectivity index (χ2n) is 18.9. The molecule has 6 rings (SSSR count). The topological polar surface area (TPSA) is 376 Å². The van der Waals surface area contributed by atoms with Crippen molar-refractivity contribution in [1.82, 2.24) is 35.9 Å². The summed E-state index contributed by atoms with van der Waals surface area (Å²) in [6, 6.07) is 1.91. The lowest BCUT2D eigenvalue weighted by Crippen LogP contribution is -2.61. The smallest absolute Gasteiger partial charge is 0.324 e. The summed E-state index contributed by atoms with van der Waals surface area (Å²) < 4.78 is 83.9. The van der Waals surface area contributed by atoms with Crippen LogP contribution >= 0.6 is 63.7 Å². The van der Waals surface area contributed by atoms with Crippen molar-refractivity contribution in [2.45, 2.75) is 50.6 Å². The van der Waals surface area contributed by atoms with Crippen LogP contribution in [0.5, 0.6) is 35.0 Å². The van der Waals surface area contributed by atoms with Crippen molar-refractivity contribution in [1.29, 1.82) is 0 Å². The van der Waals surface area contributed by atoms with E-state index in [0.717, 1.165) is 0 Å². The van der Waals surface area contributed by atoms with Crippen LogP contribution in [0, 0.1) is 0 Å². The molecule has 0 amide bonds. The molecule has 4 heterocycles. The molecule has 29 nitrogen and oxygen atoms in total. The maximum absolute atomic E-state index is 11.4. The number of aromatic nitrogens is 5. The van der Waals surface area contributed by atoms with E-state index in [1.807, 2.05) is 4.90 Å². The second-order valence-corrected chi connectivity index (χ2v) is 23.7. The van der Waals surface area contributed by atoms with Gasteiger partial charge in [-0.1, -0.05) is 0 Å². The molecule has 470 valence electrons. The van der Waals surface area contributed by atoms with Gasteiger partial charge in [0.25, 0.3) is 0 Å². The van der Waals surface area contributed by atoms with Crippen LogP contribution in [0.25, 0.3) is 21.8 Å². The number of carboxylic acid groups (broad SMARTS) is 2. The van der Waals surface area contributed by atoms with E-state index in [4.69, 9.17) is 57.8 Å². The summed E-state index contributed by atoms with van der Waals surface area (Å²) in [5.41, 5.74) is 6.61. The Kier molecular flexibility index (Phi) is 29.0. The number of aldehydes is 2. The Labute approximate surface area is 522 Å². The lowest BCUT2D eigenvalue weighted by Gasteiger charge is -2.45. The van der Waals surface area contributed by atoms with Crippen molar-refractivity contribution in [3.8, 4) is 35.0 Å². The molecule has 34 heteroatoms. The summed E-state index contributed by atoms with van der Waals surface area (Å²) in [6.45, 7) is 5.37. The van der Waals surface area contributed by atoms with Crippen LogP contribution in [0.15, 0.2) is 42.4 Å². The average Bonchev–Trinajstić information content (AvgIpc) is 4.13. The van der Waals surface area contributed by atoms with Crippen LogP contribution in [0.2, 0.25) is 0 Å². The number of benzene rings is 2. The van der Waals surface area contributed by atoms with Gasteiger partial charge in [-0.25, -0.2) is 8.42 Å². The molecule has 3 aromatic heterocycles. The summed E-state index contributed by atoms with van der Waals surface area (Å²) >= 11 is 14.2. The fraction of sp³-hybridized carbons (Fsp3) is 0.549. The normalized spacial score (nSPS) is 14.1. The number of anilines is 1. The molecule has 0 radical (unpaired) electrons. The summed E-state index contributed by atoms with van der Waals surface area (Å²) in [5.74, 6) is -0.561. The highest BCUT2D eigenvalue weighted by atomic mass is 79.9. The van der Waals surface area contributed by atoms with E-state index in [9.17, 15) is 37.3 Å². The third kappa shape index (κ3) is 22.5. The molecule has 0 unspecified atom stereocenters. The summed E-state index contributed by atoms with van der Waals surface area (Å²) in [6.07, 6.45) is 4.74. The molecule has 0 bridgehead atoms. The Balaban J connectivity index is 0.937. The number of aliphatic hydroxyl groups excluding tert-OH is 1. The van der Waals surface area contributed by atoms with Gasteiger partial charge >= 0.3 is 24.0 Å². The van der Waals surface area contributed by atoms with Crippen molar-refractivity contribution in [2.24, 2.45) is 0 Å². The van der Waals surface area contributed by atoms with E-state index in [1.165, 1.54) is 0 Å². The molecular formula is C51H67Br4N9O20S. The maximum Gasteiger partial charge on any atom is 0.324 e. The van der Waals surface area contributed by atoms with Gasteiger partial charge in [-0.05, 0) is 88.7 Å². The van der Waals surface area contributed by atoms with Gasteiger partial charge in [0, 0.05) is 50.4 Å². The fourth-order valence-electron chi connectivity index (χ4n) is 8.58. The molecular weight excluding hydrogens is 1410 g/mol. The number of hydroxylamine groups is 2. The third-order valence-electron chi connectivity index (χ3n) is 12.9. The number of hydrogen-bond acceptors (Lipinski definition) is 24. The number of aliphatic carboxylic acids is 2. The predicted molar refractivity (Wildman–Crippen MR) is 316 cm³/mol. The Morgan fingerprint density at radius 2 is 1.07 bits per heavy atom. The van der Waals surface area contributed by atoms with E-state index in [0.29, 0.717) is 131 Å². The number of carbonyl (C=O) groups is 4. The van der Waals surface area contributed by atoms with Crippen molar-refractivity contribution in [2.75, 3.05) is 136 Å². The molecule has 1 aliphatic rings. The first-order chi connectivity index (χ1) is 40.9. The number of fused-ring (bicyclic) bond motifs is 2. The minimum Gasteiger partial charge on any atom is -0.748 e. The maximum atomic E-state index is 11.4. The first-order valence-corrected chi connectivity index (χ1v) is 31.6. The summed E-state index contributed by atoms with van der Waals surface area (Å²) in [7, 11) is -4.38. The highest BCUT2D eigenvalue weighted by molar-refractivity contribution is 9.11. The number of quaternary nitrogens is 1. The van der Waals surface area contributed by atoms with Crippen LogP contribution in [-0.4, -0.2) is 225 Å². The molecule has 1 fully saturated rings. The zero-order valence-corrected chi connectivity index (χ0v) is 53.1. The van der Waals surface area contributed by atoms with Gasteiger partial charge in [0.1, 0.15) is 50.5 Å². The minimum absolute atomic E-state index is 0.0117. The number of hydrogen-bond donors (Lipinski definition) is 7. The number of nitrogens with one attached hydrogen (secondary N) is 4. The van der Waals surface area contributed by atoms with Crippen LogP contribution < -0.4 is 44.5 Å². The van der Waals surface area contributed by atoms with Crippen LogP contribution in [-0.2, 0) is 48.2 Å². The van der Waals surface area contributed by atoms with Crippen molar-refractivity contribution >= 4 is 126 Å². The average molecular weight is 1480 g/mol. The number of carbonyl (C=O) groups excluding carboxylic acids is 2. The number of carboxylic acids is 2. The summed E-state index contributed by atoms with van der Waals surface area (Å²) in [5, 5.41) is 28.8. The number of halogens is 4. The van der Waals surface area contributed by atoms with Crippen LogP contribution in [0.4, 0.5) is 5.95 Å². The Hall–Kier alpha value is -5.08. The largest absolute Gasteiger partial charge is 0.748 e. The molecule has 5 aromatic rings.